The standard InChI is InChI=1S/C22H20N2O3/c1-14-18-8-7-17(26-3)12-20(18)27-21(14)22(25)24(2)13-15-6-9-19-16(11-15)5-4-10-23-19/h4-12H,13H2,1-3H3. The third-order valence-electron chi connectivity index (χ3n) is 4.77. The molecule has 0 radical (unpaired) electrons. The predicted octanol–water partition coefficient (Wildman–Crippen LogP) is 4.57. The van der Waals surface area contributed by atoms with Crippen molar-refractivity contribution in [2.24, 2.45) is 0 Å². The minimum atomic E-state index is -0.144. The second kappa shape index (κ2) is 6.76. The average molecular weight is 360 g/mol. The number of ether oxygens (including phenoxy) is 1. The first-order valence-corrected chi connectivity index (χ1v) is 8.73. The van der Waals surface area contributed by atoms with Crippen molar-refractivity contribution in [3.8, 4) is 5.75 Å². The Morgan fingerprint density at radius 3 is 2.85 bits per heavy atom. The van der Waals surface area contributed by atoms with Crippen LogP contribution in [0, 0.1) is 6.92 Å². The summed E-state index contributed by atoms with van der Waals surface area (Å²) in [7, 11) is 3.39. The van der Waals surface area contributed by atoms with Crippen LogP contribution in [0.15, 0.2) is 59.1 Å². The van der Waals surface area contributed by atoms with E-state index in [0.29, 0.717) is 23.6 Å². The fourth-order valence-electron chi connectivity index (χ4n) is 3.28. The predicted molar refractivity (Wildman–Crippen MR) is 105 cm³/mol. The fraction of sp³-hybridized carbons (Fsp3) is 0.182. The lowest BCUT2D eigenvalue weighted by atomic mass is 10.1. The Bertz CT molecular complexity index is 1150. The van der Waals surface area contributed by atoms with E-state index in [2.05, 4.69) is 11.1 Å². The van der Waals surface area contributed by atoms with Crippen LogP contribution in [0.5, 0.6) is 5.75 Å². The Labute approximate surface area is 157 Å². The number of aryl methyl sites for hydroxylation is 1. The van der Waals surface area contributed by atoms with Gasteiger partial charge in [-0.2, -0.15) is 0 Å². The van der Waals surface area contributed by atoms with E-state index >= 15 is 0 Å². The van der Waals surface area contributed by atoms with E-state index in [-0.39, 0.29) is 5.91 Å². The maximum absolute atomic E-state index is 12.9. The van der Waals surface area contributed by atoms with Crippen molar-refractivity contribution in [3.63, 3.8) is 0 Å². The molecule has 5 nitrogen and oxygen atoms in total. The molecular formula is C22H20N2O3. The highest BCUT2D eigenvalue weighted by Gasteiger charge is 2.21. The van der Waals surface area contributed by atoms with Crippen LogP contribution >= 0.6 is 0 Å². The Balaban J connectivity index is 1.61. The quantitative estimate of drug-likeness (QED) is 0.535. The number of fused-ring (bicyclic) bond motifs is 2. The van der Waals surface area contributed by atoms with Crippen LogP contribution in [0.2, 0.25) is 0 Å². The third-order valence-corrected chi connectivity index (χ3v) is 4.77. The van der Waals surface area contributed by atoms with Crippen molar-refractivity contribution in [3.05, 3.63) is 71.6 Å². The number of methoxy groups -OCH3 is 1. The smallest absolute Gasteiger partial charge is 0.289 e. The van der Waals surface area contributed by atoms with Gasteiger partial charge < -0.3 is 14.1 Å². The Morgan fingerprint density at radius 2 is 2.04 bits per heavy atom. The molecule has 2 aromatic carbocycles. The van der Waals surface area contributed by atoms with E-state index in [1.807, 2.05) is 43.3 Å². The second-order valence-electron chi connectivity index (χ2n) is 6.61. The van der Waals surface area contributed by atoms with Crippen LogP contribution < -0.4 is 4.74 Å². The number of nitrogens with zero attached hydrogens (tertiary/aromatic N) is 2. The largest absolute Gasteiger partial charge is 0.497 e. The Morgan fingerprint density at radius 1 is 1.19 bits per heavy atom. The van der Waals surface area contributed by atoms with Gasteiger partial charge in [0, 0.05) is 42.2 Å². The minimum Gasteiger partial charge on any atom is -0.497 e. The monoisotopic (exact) mass is 360 g/mol. The van der Waals surface area contributed by atoms with Gasteiger partial charge in [-0.15, -0.1) is 0 Å². The average Bonchev–Trinajstić information content (AvgIpc) is 3.03. The number of amides is 1. The summed E-state index contributed by atoms with van der Waals surface area (Å²) in [6, 6.07) is 15.5. The van der Waals surface area contributed by atoms with Crippen LogP contribution in [0.4, 0.5) is 0 Å². The topological polar surface area (TPSA) is 55.6 Å². The first-order chi connectivity index (χ1) is 13.1. The van der Waals surface area contributed by atoms with E-state index in [9.17, 15) is 4.79 Å². The summed E-state index contributed by atoms with van der Waals surface area (Å²) in [4.78, 5) is 18.9. The summed E-state index contributed by atoms with van der Waals surface area (Å²) in [6.45, 7) is 2.39. The first kappa shape index (κ1) is 17.1. The van der Waals surface area contributed by atoms with Crippen LogP contribution in [0.3, 0.4) is 0 Å². The first-order valence-electron chi connectivity index (χ1n) is 8.73. The highest BCUT2D eigenvalue weighted by molar-refractivity contribution is 5.99. The summed E-state index contributed by atoms with van der Waals surface area (Å²) in [5.41, 5.74) is 3.48. The second-order valence-corrected chi connectivity index (χ2v) is 6.61. The normalized spacial score (nSPS) is 11.1. The Kier molecular flexibility index (Phi) is 4.28. The van der Waals surface area contributed by atoms with Crippen molar-refractivity contribution >= 4 is 27.8 Å². The maximum atomic E-state index is 12.9. The summed E-state index contributed by atoms with van der Waals surface area (Å²) < 4.78 is 11.1. The molecule has 0 fully saturated rings. The molecule has 2 heterocycles. The van der Waals surface area contributed by atoms with Gasteiger partial charge in [0.25, 0.3) is 5.91 Å². The summed E-state index contributed by atoms with van der Waals surface area (Å²) >= 11 is 0. The molecule has 1 amide bonds. The van der Waals surface area contributed by atoms with E-state index in [1.54, 1.807) is 31.3 Å². The molecule has 0 saturated heterocycles. The van der Waals surface area contributed by atoms with Crippen LogP contribution in [-0.4, -0.2) is 29.9 Å². The van der Waals surface area contributed by atoms with Crippen molar-refractivity contribution in [2.45, 2.75) is 13.5 Å². The summed E-state index contributed by atoms with van der Waals surface area (Å²) in [6.07, 6.45) is 1.77. The number of furan rings is 1. The lowest BCUT2D eigenvalue weighted by molar-refractivity contribution is 0.0755. The molecule has 2 aromatic heterocycles. The van der Waals surface area contributed by atoms with E-state index < -0.39 is 0 Å². The lowest BCUT2D eigenvalue weighted by Gasteiger charge is -2.16. The molecule has 4 aromatic rings. The van der Waals surface area contributed by atoms with E-state index in [0.717, 1.165) is 27.4 Å². The van der Waals surface area contributed by atoms with Gasteiger partial charge in [-0.3, -0.25) is 9.78 Å². The van der Waals surface area contributed by atoms with Gasteiger partial charge in [-0.05, 0) is 42.8 Å². The molecule has 0 bridgehead atoms. The third kappa shape index (κ3) is 3.12. The molecule has 0 spiro atoms. The van der Waals surface area contributed by atoms with Crippen LogP contribution in [-0.2, 0) is 6.54 Å². The summed E-state index contributed by atoms with van der Waals surface area (Å²) in [5, 5.41) is 1.98. The van der Waals surface area contributed by atoms with Crippen molar-refractivity contribution in [1.29, 1.82) is 0 Å². The van der Waals surface area contributed by atoms with Gasteiger partial charge in [0.1, 0.15) is 11.3 Å². The molecule has 0 aliphatic rings. The zero-order valence-corrected chi connectivity index (χ0v) is 15.5. The van der Waals surface area contributed by atoms with Gasteiger partial charge in [0.15, 0.2) is 5.76 Å². The Hall–Kier alpha value is -3.34. The molecular weight excluding hydrogens is 340 g/mol. The highest BCUT2D eigenvalue weighted by atomic mass is 16.5. The number of carbonyl (C=O) groups excluding carboxylic acids is 1. The SMILES string of the molecule is COc1ccc2c(C)c(C(=O)N(C)Cc3ccc4ncccc4c3)oc2c1. The van der Waals surface area contributed by atoms with Gasteiger partial charge in [-0.1, -0.05) is 12.1 Å². The highest BCUT2D eigenvalue weighted by Crippen LogP contribution is 2.29. The molecule has 4 rings (SSSR count). The molecule has 0 unspecified atom stereocenters. The molecule has 27 heavy (non-hydrogen) atoms. The number of benzene rings is 2. The molecule has 5 heteroatoms. The minimum absolute atomic E-state index is 0.144. The molecule has 0 aliphatic carbocycles. The molecule has 0 atom stereocenters. The van der Waals surface area contributed by atoms with Gasteiger partial charge in [0.2, 0.25) is 0 Å². The number of hydrogen-bond acceptors (Lipinski definition) is 4. The number of hydrogen-bond donors (Lipinski definition) is 0. The zero-order valence-electron chi connectivity index (χ0n) is 15.5. The zero-order chi connectivity index (χ0) is 19.0. The summed E-state index contributed by atoms with van der Waals surface area (Å²) in [5.74, 6) is 0.922. The van der Waals surface area contributed by atoms with Crippen molar-refractivity contribution in [1.82, 2.24) is 9.88 Å². The lowest BCUT2D eigenvalue weighted by Crippen LogP contribution is -2.26. The van der Waals surface area contributed by atoms with Crippen molar-refractivity contribution in [2.75, 3.05) is 14.2 Å². The van der Waals surface area contributed by atoms with Crippen molar-refractivity contribution < 1.29 is 13.9 Å². The molecule has 0 saturated carbocycles. The van der Waals surface area contributed by atoms with Crippen LogP contribution in [0.1, 0.15) is 21.7 Å². The maximum Gasteiger partial charge on any atom is 0.289 e. The molecule has 136 valence electrons. The number of carbonyl (C=O) groups is 1. The van der Waals surface area contributed by atoms with E-state index in [4.69, 9.17) is 9.15 Å². The van der Waals surface area contributed by atoms with Gasteiger partial charge >= 0.3 is 0 Å². The van der Waals surface area contributed by atoms with Gasteiger partial charge in [-0.25, -0.2) is 0 Å². The fourth-order valence-corrected chi connectivity index (χ4v) is 3.28. The number of pyridine rings is 1. The van der Waals surface area contributed by atoms with Gasteiger partial charge in [0.05, 0.1) is 12.6 Å². The molecule has 0 N–H and O–H groups in total. The van der Waals surface area contributed by atoms with E-state index in [1.165, 1.54) is 0 Å². The van der Waals surface area contributed by atoms with Crippen LogP contribution in [0.25, 0.3) is 21.9 Å². The number of aromatic nitrogens is 1. The molecule has 0 aliphatic heterocycles. The number of rotatable bonds is 4.